The minimum Gasteiger partial charge on any atom is -0.374 e. The number of hydrogen-bond acceptors (Lipinski definition) is 5. The van der Waals surface area contributed by atoms with Gasteiger partial charge in [0.15, 0.2) is 5.78 Å². The minimum absolute atomic E-state index is 0.143. The largest absolute Gasteiger partial charge is 0.501 e. The Balaban J connectivity index is 4.73. The van der Waals surface area contributed by atoms with Crippen LogP contribution in [0, 0.1) is 11.3 Å². The van der Waals surface area contributed by atoms with Crippen molar-refractivity contribution >= 4 is 14.6 Å². The van der Waals surface area contributed by atoms with E-state index in [9.17, 15) is 4.79 Å². The molecule has 0 aliphatic carbocycles. The molecule has 0 fully saturated rings. The Morgan fingerprint density at radius 1 is 1.28 bits per heavy atom. The van der Waals surface area contributed by atoms with Crippen LogP contribution in [0.15, 0.2) is 0 Å². The number of hydrogen-bond donors (Lipinski definition) is 0. The van der Waals surface area contributed by atoms with E-state index in [0.29, 0.717) is 19.3 Å². The van der Waals surface area contributed by atoms with Gasteiger partial charge in [-0.2, -0.15) is 5.26 Å². The first-order valence-electron chi connectivity index (χ1n) is 6.40. The highest BCUT2D eigenvalue weighted by atomic mass is 28.4. The number of Topliss-reactive ketones (excluding diaryl/α,β-unsaturated/α-hetero) is 1. The number of carbonyl (C=O) groups is 1. The van der Waals surface area contributed by atoms with Crippen LogP contribution in [0.25, 0.3) is 0 Å². The van der Waals surface area contributed by atoms with Gasteiger partial charge in [-0.1, -0.05) is 13.3 Å². The molecule has 0 saturated carbocycles. The van der Waals surface area contributed by atoms with Gasteiger partial charge in [-0.15, -0.1) is 0 Å². The van der Waals surface area contributed by atoms with Crippen LogP contribution in [0.2, 0.25) is 6.04 Å². The summed E-state index contributed by atoms with van der Waals surface area (Å²) >= 11 is 0. The molecule has 5 nitrogen and oxygen atoms in total. The van der Waals surface area contributed by atoms with Gasteiger partial charge in [-0.3, -0.25) is 4.79 Å². The Kier molecular flexibility index (Phi) is 8.84. The monoisotopic (exact) mass is 273 g/mol. The molecule has 18 heavy (non-hydrogen) atoms. The maximum Gasteiger partial charge on any atom is 0.501 e. The lowest BCUT2D eigenvalue weighted by molar-refractivity contribution is -0.126. The normalized spacial score (nSPS) is 13.1. The molecule has 0 aliphatic heterocycles. The zero-order chi connectivity index (χ0) is 14.0. The highest BCUT2D eigenvalue weighted by Gasteiger charge is 2.42. The van der Waals surface area contributed by atoms with Crippen molar-refractivity contribution in [2.24, 2.45) is 0 Å². The molecule has 1 atom stereocenters. The summed E-state index contributed by atoms with van der Waals surface area (Å²) in [5.41, 5.74) is 0. The van der Waals surface area contributed by atoms with Crippen molar-refractivity contribution in [1.82, 2.24) is 0 Å². The molecule has 0 saturated heterocycles. The second-order valence-corrected chi connectivity index (χ2v) is 6.54. The first kappa shape index (κ1) is 17.3. The molecule has 0 radical (unpaired) electrons. The van der Waals surface area contributed by atoms with Gasteiger partial charge in [0, 0.05) is 19.3 Å². The van der Waals surface area contributed by atoms with Gasteiger partial charge in [-0.25, -0.2) is 0 Å². The molecule has 0 aromatic carbocycles. The fourth-order valence-corrected chi connectivity index (χ4v) is 4.40. The third-order valence-electron chi connectivity index (χ3n) is 2.35. The smallest absolute Gasteiger partial charge is 0.374 e. The van der Waals surface area contributed by atoms with E-state index in [-0.39, 0.29) is 12.2 Å². The van der Waals surface area contributed by atoms with Gasteiger partial charge in [0.05, 0.1) is 12.5 Å². The van der Waals surface area contributed by atoms with Crippen molar-refractivity contribution in [1.29, 1.82) is 5.26 Å². The third-order valence-corrected chi connectivity index (χ3v) is 5.63. The summed E-state index contributed by atoms with van der Waals surface area (Å²) in [4.78, 5) is 11.6. The molecule has 0 bridgehead atoms. The molecule has 6 heteroatoms. The second kappa shape index (κ2) is 9.22. The fourth-order valence-electron chi connectivity index (χ4n) is 1.62. The predicted octanol–water partition coefficient (Wildman–Crippen LogP) is 2.30. The zero-order valence-corrected chi connectivity index (χ0v) is 12.7. The molecule has 104 valence electrons. The lowest BCUT2D eigenvalue weighted by Gasteiger charge is -2.30. The molecule has 0 aromatic heterocycles. The summed E-state index contributed by atoms with van der Waals surface area (Å²) in [6.07, 6.45) is 0.0717. The van der Waals surface area contributed by atoms with Crippen LogP contribution >= 0.6 is 0 Å². The number of rotatable bonds is 10. The zero-order valence-electron chi connectivity index (χ0n) is 11.7. The fraction of sp³-hybridized carbons (Fsp3) is 0.833. The maximum absolute atomic E-state index is 11.6. The molecule has 0 rings (SSSR count). The minimum atomic E-state index is -2.78. The first-order chi connectivity index (χ1) is 8.55. The molecule has 0 aliphatic rings. The van der Waals surface area contributed by atoms with Crippen LogP contribution in [0.4, 0.5) is 0 Å². The lowest BCUT2D eigenvalue weighted by atomic mass is 10.2. The molecule has 1 unspecified atom stereocenters. The number of carbonyl (C=O) groups excluding carboxylic acids is 1. The van der Waals surface area contributed by atoms with E-state index in [4.69, 9.17) is 18.5 Å². The van der Waals surface area contributed by atoms with Gasteiger partial charge >= 0.3 is 8.80 Å². The summed E-state index contributed by atoms with van der Waals surface area (Å²) in [5.74, 6) is -0.232. The molecule has 0 aromatic rings. The van der Waals surface area contributed by atoms with Crippen LogP contribution in [0.3, 0.4) is 0 Å². The second-order valence-electron chi connectivity index (χ2n) is 3.86. The molecule has 0 N–H and O–H groups in total. The van der Waals surface area contributed by atoms with Gasteiger partial charge in [-0.05, 0) is 20.8 Å². The van der Waals surface area contributed by atoms with Crippen molar-refractivity contribution in [2.75, 3.05) is 13.2 Å². The Morgan fingerprint density at radius 3 is 2.22 bits per heavy atom. The van der Waals surface area contributed by atoms with Gasteiger partial charge in [0.2, 0.25) is 0 Å². The average molecular weight is 273 g/mol. The third kappa shape index (κ3) is 5.73. The van der Waals surface area contributed by atoms with Gasteiger partial charge in [0.25, 0.3) is 0 Å². The van der Waals surface area contributed by atoms with Crippen LogP contribution in [-0.4, -0.2) is 33.9 Å². The van der Waals surface area contributed by atoms with E-state index >= 15 is 0 Å². The van der Waals surface area contributed by atoms with Crippen molar-refractivity contribution in [2.45, 2.75) is 52.7 Å². The molecule has 0 amide bonds. The van der Waals surface area contributed by atoms with E-state index in [1.165, 1.54) is 0 Å². The Hall–Kier alpha value is -0.743. The van der Waals surface area contributed by atoms with Crippen LogP contribution in [0.1, 0.15) is 40.5 Å². The van der Waals surface area contributed by atoms with E-state index in [2.05, 4.69) is 0 Å². The summed E-state index contributed by atoms with van der Waals surface area (Å²) < 4.78 is 17.1. The number of ketones is 1. The van der Waals surface area contributed by atoms with E-state index < -0.39 is 14.9 Å². The van der Waals surface area contributed by atoms with Crippen LogP contribution < -0.4 is 0 Å². The molecule has 0 heterocycles. The number of nitrogens with zero attached hydrogens (tertiary/aromatic N) is 1. The Labute approximate surface area is 110 Å². The lowest BCUT2D eigenvalue weighted by Crippen LogP contribution is -2.49. The van der Waals surface area contributed by atoms with Crippen LogP contribution in [-0.2, 0) is 18.1 Å². The van der Waals surface area contributed by atoms with Crippen molar-refractivity contribution in [3.63, 3.8) is 0 Å². The summed E-state index contributed by atoms with van der Waals surface area (Å²) in [6.45, 7) is 8.40. The highest BCUT2D eigenvalue weighted by molar-refractivity contribution is 6.60. The standard InChI is InChI=1S/C12H23NO4Si/c1-5-10-18(15-6-2,16-7-3)17-11(4)12(14)8-9-13/h11H,5-8,10H2,1-4H3. The maximum atomic E-state index is 11.6. The topological polar surface area (TPSA) is 68.6 Å². The Bertz CT molecular complexity index is 273. The molecular formula is C12H23NO4Si. The summed E-state index contributed by atoms with van der Waals surface area (Å²) in [5, 5.41) is 8.52. The quantitative estimate of drug-likeness (QED) is 0.571. The first-order valence-corrected chi connectivity index (χ1v) is 8.33. The average Bonchev–Trinajstić information content (AvgIpc) is 2.30. The van der Waals surface area contributed by atoms with E-state index in [1.54, 1.807) is 6.92 Å². The van der Waals surface area contributed by atoms with E-state index in [0.717, 1.165) is 6.42 Å². The highest BCUT2D eigenvalue weighted by Crippen LogP contribution is 2.20. The summed E-state index contributed by atoms with van der Waals surface area (Å²) in [6, 6.07) is 2.51. The SMILES string of the molecule is CCC[Si](OCC)(OCC)OC(C)C(=O)CC#N. The van der Waals surface area contributed by atoms with Crippen LogP contribution in [0.5, 0.6) is 0 Å². The predicted molar refractivity (Wildman–Crippen MR) is 69.9 cm³/mol. The van der Waals surface area contributed by atoms with Gasteiger partial charge in [0.1, 0.15) is 6.10 Å². The summed E-state index contributed by atoms with van der Waals surface area (Å²) in [7, 11) is -2.78. The van der Waals surface area contributed by atoms with E-state index in [1.807, 2.05) is 26.8 Å². The number of nitriles is 1. The Morgan fingerprint density at radius 2 is 1.83 bits per heavy atom. The molecule has 0 spiro atoms. The van der Waals surface area contributed by atoms with Crippen molar-refractivity contribution < 1.29 is 18.1 Å². The molecular weight excluding hydrogens is 250 g/mol. The van der Waals surface area contributed by atoms with Crippen molar-refractivity contribution in [3.8, 4) is 6.07 Å². The van der Waals surface area contributed by atoms with Crippen molar-refractivity contribution in [3.05, 3.63) is 0 Å². The van der Waals surface area contributed by atoms with Gasteiger partial charge < -0.3 is 13.3 Å².